The molecule has 0 aliphatic heterocycles. The Balaban J connectivity index is 3.12. The smallest absolute Gasteiger partial charge is 0.0857 e. The summed E-state index contributed by atoms with van der Waals surface area (Å²) in [5.74, 6) is 0. The van der Waals surface area contributed by atoms with Crippen molar-refractivity contribution in [3.05, 3.63) is 23.8 Å². The second-order valence-electron chi connectivity index (χ2n) is 2.45. The summed E-state index contributed by atoms with van der Waals surface area (Å²) >= 11 is 0. The van der Waals surface area contributed by atoms with Gasteiger partial charge in [-0.1, -0.05) is 6.07 Å². The molecule has 1 aromatic rings. The van der Waals surface area contributed by atoms with Crippen molar-refractivity contribution in [3.63, 3.8) is 0 Å². The molecule has 0 radical (unpaired) electrons. The van der Waals surface area contributed by atoms with Crippen molar-refractivity contribution < 1.29 is 0 Å². The highest BCUT2D eigenvalue weighted by atomic mass is 14.8. The van der Waals surface area contributed by atoms with Crippen molar-refractivity contribution in [3.8, 4) is 0 Å². The van der Waals surface area contributed by atoms with Crippen LogP contribution in [0, 0.1) is 6.92 Å². The zero-order valence-corrected chi connectivity index (χ0v) is 6.83. The van der Waals surface area contributed by atoms with E-state index in [4.69, 9.17) is 5.73 Å². The van der Waals surface area contributed by atoms with Crippen LogP contribution in [0.3, 0.4) is 0 Å². The third-order valence-electron chi connectivity index (χ3n) is 1.45. The van der Waals surface area contributed by atoms with Crippen LogP contribution in [-0.4, -0.2) is 6.21 Å². The van der Waals surface area contributed by atoms with E-state index in [2.05, 4.69) is 4.99 Å². The van der Waals surface area contributed by atoms with Crippen molar-refractivity contribution in [1.82, 2.24) is 0 Å². The molecule has 0 saturated heterocycles. The van der Waals surface area contributed by atoms with E-state index < -0.39 is 0 Å². The Morgan fingerprint density at radius 2 is 2.18 bits per heavy atom. The van der Waals surface area contributed by atoms with Gasteiger partial charge < -0.3 is 5.73 Å². The van der Waals surface area contributed by atoms with Crippen molar-refractivity contribution in [2.45, 2.75) is 13.8 Å². The van der Waals surface area contributed by atoms with Gasteiger partial charge in [0.05, 0.1) is 11.4 Å². The average molecular weight is 148 g/mol. The molecule has 1 aromatic carbocycles. The molecule has 2 N–H and O–H groups in total. The van der Waals surface area contributed by atoms with Gasteiger partial charge in [-0.3, -0.25) is 4.99 Å². The van der Waals surface area contributed by atoms with Crippen LogP contribution in [0.2, 0.25) is 0 Å². The highest BCUT2D eigenvalue weighted by molar-refractivity contribution is 5.70. The van der Waals surface area contributed by atoms with Crippen LogP contribution >= 0.6 is 0 Å². The molecular formula is C9H12N2. The zero-order valence-electron chi connectivity index (χ0n) is 6.83. The van der Waals surface area contributed by atoms with E-state index in [1.54, 1.807) is 6.21 Å². The molecule has 0 bridgehead atoms. The molecule has 0 atom stereocenters. The molecule has 2 heteroatoms. The fourth-order valence-electron chi connectivity index (χ4n) is 0.905. The van der Waals surface area contributed by atoms with Gasteiger partial charge in [-0.25, -0.2) is 0 Å². The highest BCUT2D eigenvalue weighted by Crippen LogP contribution is 2.21. The molecule has 1 rings (SSSR count). The van der Waals surface area contributed by atoms with E-state index in [-0.39, 0.29) is 0 Å². The lowest BCUT2D eigenvalue weighted by atomic mass is 10.2. The number of hydrogen-bond acceptors (Lipinski definition) is 2. The molecule has 0 heterocycles. The minimum Gasteiger partial charge on any atom is -0.397 e. The first-order valence-electron chi connectivity index (χ1n) is 3.59. The second-order valence-corrected chi connectivity index (χ2v) is 2.45. The number of benzene rings is 1. The third-order valence-corrected chi connectivity index (χ3v) is 1.45. The van der Waals surface area contributed by atoms with Gasteiger partial charge in [0.15, 0.2) is 0 Å². The Bertz CT molecular complexity index is 277. The van der Waals surface area contributed by atoms with Gasteiger partial charge >= 0.3 is 0 Å². The Hall–Kier alpha value is -1.31. The topological polar surface area (TPSA) is 38.4 Å². The first-order chi connectivity index (χ1) is 5.24. The number of aliphatic imine (C=N–C) groups is 1. The second kappa shape index (κ2) is 3.19. The van der Waals surface area contributed by atoms with Crippen LogP contribution in [0.15, 0.2) is 23.2 Å². The first kappa shape index (κ1) is 7.79. The van der Waals surface area contributed by atoms with Crippen LogP contribution in [0.4, 0.5) is 11.4 Å². The summed E-state index contributed by atoms with van der Waals surface area (Å²) in [6, 6.07) is 5.82. The molecule has 2 nitrogen and oxygen atoms in total. The standard InChI is InChI=1S/C9H12N2/c1-3-11-9-6-7(2)4-5-8(9)10/h3-6H,10H2,1-2H3. The summed E-state index contributed by atoms with van der Waals surface area (Å²) in [4.78, 5) is 4.12. The maximum atomic E-state index is 5.66. The summed E-state index contributed by atoms with van der Waals surface area (Å²) in [6.45, 7) is 3.90. The highest BCUT2D eigenvalue weighted by Gasteiger charge is 1.94. The molecule has 0 spiro atoms. The Morgan fingerprint density at radius 1 is 1.45 bits per heavy atom. The molecule has 0 aliphatic rings. The van der Waals surface area contributed by atoms with Gasteiger partial charge in [0.25, 0.3) is 0 Å². The van der Waals surface area contributed by atoms with Gasteiger partial charge in [0.1, 0.15) is 0 Å². The summed E-state index contributed by atoms with van der Waals surface area (Å²) in [7, 11) is 0. The van der Waals surface area contributed by atoms with Crippen molar-refractivity contribution in [2.75, 3.05) is 5.73 Å². The minimum atomic E-state index is 0.730. The van der Waals surface area contributed by atoms with Crippen LogP contribution in [0.25, 0.3) is 0 Å². The number of nitrogens with zero attached hydrogens (tertiary/aromatic N) is 1. The summed E-state index contributed by atoms with van der Waals surface area (Å²) in [6.07, 6.45) is 1.74. The van der Waals surface area contributed by atoms with Crippen LogP contribution in [0.1, 0.15) is 12.5 Å². The van der Waals surface area contributed by atoms with Gasteiger partial charge in [0.2, 0.25) is 0 Å². The van der Waals surface area contributed by atoms with E-state index >= 15 is 0 Å². The number of nitrogens with two attached hydrogens (primary N) is 1. The lowest BCUT2D eigenvalue weighted by Crippen LogP contribution is -1.85. The number of rotatable bonds is 1. The van der Waals surface area contributed by atoms with Gasteiger partial charge in [0, 0.05) is 6.21 Å². The number of hydrogen-bond donors (Lipinski definition) is 1. The summed E-state index contributed by atoms with van der Waals surface area (Å²) in [5.41, 5.74) is 8.43. The zero-order chi connectivity index (χ0) is 8.27. The number of aryl methyl sites for hydroxylation is 1. The minimum absolute atomic E-state index is 0.730. The fourth-order valence-corrected chi connectivity index (χ4v) is 0.905. The maximum Gasteiger partial charge on any atom is 0.0857 e. The fraction of sp³-hybridized carbons (Fsp3) is 0.222. The Kier molecular flexibility index (Phi) is 2.26. The van der Waals surface area contributed by atoms with Gasteiger partial charge in [-0.15, -0.1) is 0 Å². The number of anilines is 1. The molecule has 58 valence electrons. The van der Waals surface area contributed by atoms with E-state index in [1.165, 1.54) is 5.56 Å². The van der Waals surface area contributed by atoms with E-state index in [1.807, 2.05) is 32.0 Å². The van der Waals surface area contributed by atoms with E-state index in [9.17, 15) is 0 Å². The number of nitrogen functional groups attached to an aromatic ring is 1. The van der Waals surface area contributed by atoms with Crippen LogP contribution in [-0.2, 0) is 0 Å². The van der Waals surface area contributed by atoms with E-state index in [0.29, 0.717) is 0 Å². The average Bonchev–Trinajstić information content (AvgIpc) is 1.98. The summed E-state index contributed by atoms with van der Waals surface area (Å²) < 4.78 is 0. The maximum absolute atomic E-state index is 5.66. The molecule has 11 heavy (non-hydrogen) atoms. The molecule has 0 amide bonds. The third kappa shape index (κ3) is 1.80. The van der Waals surface area contributed by atoms with Crippen LogP contribution in [0.5, 0.6) is 0 Å². The molecule has 0 fully saturated rings. The normalized spacial score (nSPS) is 10.7. The molecule has 0 aliphatic carbocycles. The molecule has 0 aromatic heterocycles. The van der Waals surface area contributed by atoms with Crippen LogP contribution < -0.4 is 5.73 Å². The summed E-state index contributed by atoms with van der Waals surface area (Å²) in [5, 5.41) is 0. The van der Waals surface area contributed by atoms with Crippen molar-refractivity contribution in [1.29, 1.82) is 0 Å². The molecular weight excluding hydrogens is 136 g/mol. The monoisotopic (exact) mass is 148 g/mol. The van der Waals surface area contributed by atoms with Crippen molar-refractivity contribution in [2.24, 2.45) is 4.99 Å². The van der Waals surface area contributed by atoms with E-state index in [0.717, 1.165) is 11.4 Å². The predicted molar refractivity (Wildman–Crippen MR) is 49.4 cm³/mol. The SMILES string of the molecule is CC=Nc1cc(C)ccc1N. The Morgan fingerprint density at radius 3 is 2.82 bits per heavy atom. The van der Waals surface area contributed by atoms with Gasteiger partial charge in [-0.2, -0.15) is 0 Å². The molecule has 0 unspecified atom stereocenters. The van der Waals surface area contributed by atoms with Gasteiger partial charge in [-0.05, 0) is 31.5 Å². The lowest BCUT2D eigenvalue weighted by molar-refractivity contribution is 1.43. The first-order valence-corrected chi connectivity index (χ1v) is 3.59. The van der Waals surface area contributed by atoms with Crippen molar-refractivity contribution >= 4 is 17.6 Å². The Labute approximate surface area is 66.8 Å². The quantitative estimate of drug-likeness (QED) is 0.481. The lowest BCUT2D eigenvalue weighted by Gasteiger charge is -1.99. The largest absolute Gasteiger partial charge is 0.397 e. The molecule has 0 saturated carbocycles. The predicted octanol–water partition coefficient (Wildman–Crippen LogP) is 2.30.